The van der Waals surface area contributed by atoms with Crippen molar-refractivity contribution in [2.45, 2.75) is 39.2 Å². The van der Waals surface area contributed by atoms with E-state index < -0.39 is 0 Å². The van der Waals surface area contributed by atoms with Gasteiger partial charge in [0.1, 0.15) is 0 Å². The first-order valence-electron chi connectivity index (χ1n) is 8.29. The van der Waals surface area contributed by atoms with E-state index in [1.807, 2.05) is 6.33 Å². The van der Waals surface area contributed by atoms with Crippen molar-refractivity contribution < 1.29 is 4.74 Å². The number of aromatic nitrogens is 2. The smallest absolute Gasteiger partial charge is 0.0958 e. The van der Waals surface area contributed by atoms with Crippen LogP contribution in [0, 0.1) is 0 Å². The fourth-order valence-electron chi connectivity index (χ4n) is 2.99. The van der Waals surface area contributed by atoms with Gasteiger partial charge in [0.15, 0.2) is 0 Å². The minimum Gasteiger partial charge on any atom is -0.379 e. The molecule has 0 saturated carbocycles. The topological polar surface area (TPSA) is 30.3 Å². The zero-order valence-corrected chi connectivity index (χ0v) is 14.0. The zero-order chi connectivity index (χ0) is 15.6. The van der Waals surface area contributed by atoms with E-state index >= 15 is 0 Å². The Hall–Kier alpha value is -1.39. The monoisotopic (exact) mass is 301 g/mol. The second-order valence-electron chi connectivity index (χ2n) is 7.20. The molecule has 120 valence electrons. The van der Waals surface area contributed by atoms with Crippen molar-refractivity contribution in [1.29, 1.82) is 0 Å². The van der Waals surface area contributed by atoms with Gasteiger partial charge in [-0.25, -0.2) is 4.98 Å². The summed E-state index contributed by atoms with van der Waals surface area (Å²) >= 11 is 0. The number of hydrogen-bond donors (Lipinski definition) is 0. The van der Waals surface area contributed by atoms with Crippen LogP contribution in [-0.2, 0) is 16.7 Å². The molecule has 0 unspecified atom stereocenters. The van der Waals surface area contributed by atoms with E-state index in [2.05, 4.69) is 53.4 Å². The van der Waals surface area contributed by atoms with Gasteiger partial charge in [0.25, 0.3) is 0 Å². The highest BCUT2D eigenvalue weighted by Gasteiger charge is 2.15. The third-order valence-corrected chi connectivity index (χ3v) is 4.46. The molecule has 0 bridgehead atoms. The van der Waals surface area contributed by atoms with Gasteiger partial charge in [-0.15, -0.1) is 0 Å². The average Bonchev–Trinajstić information content (AvgIpc) is 2.90. The predicted molar refractivity (Wildman–Crippen MR) is 90.3 cm³/mol. The Kier molecular flexibility index (Phi) is 4.50. The zero-order valence-electron chi connectivity index (χ0n) is 14.0. The first-order chi connectivity index (χ1) is 10.5. The number of imidazole rings is 1. The molecule has 0 N–H and O–H groups in total. The molecule has 2 heterocycles. The molecular weight excluding hydrogens is 274 g/mol. The molecule has 4 heteroatoms. The molecule has 1 aromatic carbocycles. The fourth-order valence-corrected chi connectivity index (χ4v) is 2.99. The lowest BCUT2D eigenvalue weighted by Crippen LogP contribution is -2.37. The summed E-state index contributed by atoms with van der Waals surface area (Å²) in [5, 5.41) is 0. The van der Waals surface area contributed by atoms with Gasteiger partial charge in [-0.3, -0.25) is 4.90 Å². The van der Waals surface area contributed by atoms with E-state index in [4.69, 9.17) is 4.74 Å². The Balaban J connectivity index is 1.68. The lowest BCUT2D eigenvalue weighted by atomic mass is 9.87. The molecule has 1 saturated heterocycles. The SMILES string of the molecule is CC(C)(C)c1ccc2ncn(CCCN3CCOCC3)c2c1. The Morgan fingerprint density at radius 3 is 2.64 bits per heavy atom. The highest BCUT2D eigenvalue weighted by Crippen LogP contribution is 2.25. The van der Waals surface area contributed by atoms with Gasteiger partial charge in [0.2, 0.25) is 0 Å². The minimum atomic E-state index is 0.178. The summed E-state index contributed by atoms with van der Waals surface area (Å²) < 4.78 is 7.69. The lowest BCUT2D eigenvalue weighted by Gasteiger charge is -2.26. The van der Waals surface area contributed by atoms with Crippen LogP contribution in [-0.4, -0.2) is 47.3 Å². The average molecular weight is 301 g/mol. The first-order valence-corrected chi connectivity index (χ1v) is 8.29. The maximum absolute atomic E-state index is 5.40. The maximum Gasteiger partial charge on any atom is 0.0958 e. The van der Waals surface area contributed by atoms with E-state index in [1.54, 1.807) is 0 Å². The van der Waals surface area contributed by atoms with Crippen LogP contribution >= 0.6 is 0 Å². The van der Waals surface area contributed by atoms with Crippen LogP contribution in [0.15, 0.2) is 24.5 Å². The van der Waals surface area contributed by atoms with Crippen LogP contribution in [0.4, 0.5) is 0 Å². The molecule has 1 aliphatic heterocycles. The Bertz CT molecular complexity index is 621. The molecule has 1 aromatic heterocycles. The standard InChI is InChI=1S/C18H27N3O/c1-18(2,3)15-5-6-16-17(13-15)21(14-19-16)8-4-7-20-9-11-22-12-10-20/h5-6,13-14H,4,7-12H2,1-3H3. The molecule has 1 aliphatic rings. The van der Waals surface area contributed by atoms with Crippen LogP contribution in [0.2, 0.25) is 0 Å². The van der Waals surface area contributed by atoms with Crippen molar-refractivity contribution >= 4 is 11.0 Å². The summed E-state index contributed by atoms with van der Waals surface area (Å²) in [6.07, 6.45) is 3.14. The number of fused-ring (bicyclic) bond motifs is 1. The predicted octanol–water partition coefficient (Wildman–Crippen LogP) is 3.06. The summed E-state index contributed by atoms with van der Waals surface area (Å²) in [6, 6.07) is 6.65. The summed E-state index contributed by atoms with van der Waals surface area (Å²) in [7, 11) is 0. The first kappa shape index (κ1) is 15.5. The number of benzene rings is 1. The number of rotatable bonds is 4. The Morgan fingerprint density at radius 1 is 1.14 bits per heavy atom. The van der Waals surface area contributed by atoms with E-state index in [9.17, 15) is 0 Å². The minimum absolute atomic E-state index is 0.178. The number of nitrogens with zero attached hydrogens (tertiary/aromatic N) is 3. The molecule has 0 aliphatic carbocycles. The van der Waals surface area contributed by atoms with E-state index in [0.717, 1.165) is 51.3 Å². The molecule has 2 aromatic rings. The van der Waals surface area contributed by atoms with Crippen molar-refractivity contribution in [1.82, 2.24) is 14.5 Å². The number of aryl methyl sites for hydroxylation is 1. The summed E-state index contributed by atoms with van der Waals surface area (Å²) in [6.45, 7) is 12.8. The molecule has 4 nitrogen and oxygen atoms in total. The maximum atomic E-state index is 5.40. The molecule has 22 heavy (non-hydrogen) atoms. The highest BCUT2D eigenvalue weighted by molar-refractivity contribution is 5.76. The van der Waals surface area contributed by atoms with Gasteiger partial charge in [-0.1, -0.05) is 26.8 Å². The molecule has 1 fully saturated rings. The van der Waals surface area contributed by atoms with Crippen molar-refractivity contribution in [2.24, 2.45) is 0 Å². The Labute approximate surface area is 133 Å². The van der Waals surface area contributed by atoms with Gasteiger partial charge in [-0.2, -0.15) is 0 Å². The number of morpholine rings is 1. The normalized spacial score (nSPS) is 17.2. The van der Waals surface area contributed by atoms with E-state index in [-0.39, 0.29) is 5.41 Å². The van der Waals surface area contributed by atoms with Crippen molar-refractivity contribution in [3.63, 3.8) is 0 Å². The number of hydrogen-bond acceptors (Lipinski definition) is 3. The van der Waals surface area contributed by atoms with Gasteiger partial charge < -0.3 is 9.30 Å². The summed E-state index contributed by atoms with van der Waals surface area (Å²) in [4.78, 5) is 7.03. The molecule has 3 rings (SSSR count). The third-order valence-electron chi connectivity index (χ3n) is 4.46. The molecule has 0 atom stereocenters. The van der Waals surface area contributed by atoms with Crippen LogP contribution in [0.3, 0.4) is 0 Å². The van der Waals surface area contributed by atoms with Crippen LogP contribution in [0.25, 0.3) is 11.0 Å². The van der Waals surface area contributed by atoms with Gasteiger partial charge in [0.05, 0.1) is 30.6 Å². The lowest BCUT2D eigenvalue weighted by molar-refractivity contribution is 0.0369. The van der Waals surface area contributed by atoms with Gasteiger partial charge in [-0.05, 0) is 29.5 Å². The van der Waals surface area contributed by atoms with Crippen molar-refractivity contribution in [3.8, 4) is 0 Å². The molecule has 0 radical (unpaired) electrons. The quantitative estimate of drug-likeness (QED) is 0.869. The fraction of sp³-hybridized carbons (Fsp3) is 0.611. The van der Waals surface area contributed by atoms with Crippen LogP contribution in [0.5, 0.6) is 0 Å². The molecular formula is C18H27N3O. The second-order valence-corrected chi connectivity index (χ2v) is 7.20. The van der Waals surface area contributed by atoms with E-state index in [1.165, 1.54) is 11.1 Å². The van der Waals surface area contributed by atoms with Crippen molar-refractivity contribution in [3.05, 3.63) is 30.1 Å². The highest BCUT2D eigenvalue weighted by atomic mass is 16.5. The van der Waals surface area contributed by atoms with Crippen molar-refractivity contribution in [2.75, 3.05) is 32.8 Å². The second kappa shape index (κ2) is 6.39. The Morgan fingerprint density at radius 2 is 1.91 bits per heavy atom. The third kappa shape index (κ3) is 3.50. The van der Waals surface area contributed by atoms with Crippen LogP contribution in [0.1, 0.15) is 32.8 Å². The van der Waals surface area contributed by atoms with Gasteiger partial charge >= 0.3 is 0 Å². The van der Waals surface area contributed by atoms with Crippen LogP contribution < -0.4 is 0 Å². The largest absolute Gasteiger partial charge is 0.379 e. The number of ether oxygens (including phenoxy) is 1. The summed E-state index contributed by atoms with van der Waals surface area (Å²) in [5.41, 5.74) is 3.90. The van der Waals surface area contributed by atoms with E-state index in [0.29, 0.717) is 0 Å². The molecule has 0 spiro atoms. The summed E-state index contributed by atoms with van der Waals surface area (Å²) in [5.74, 6) is 0. The van der Waals surface area contributed by atoms with Gasteiger partial charge in [0, 0.05) is 26.2 Å². The molecule has 0 amide bonds.